The molecule has 1 aliphatic carbocycles. The molecular weight excluding hydrogens is 246 g/mol. The first kappa shape index (κ1) is 14.8. The van der Waals surface area contributed by atoms with Crippen LogP contribution in [0.4, 0.5) is 0 Å². The molecule has 4 unspecified atom stereocenters. The molecule has 0 amide bonds. The molecule has 0 aromatic carbocycles. The van der Waals surface area contributed by atoms with Gasteiger partial charge in [-0.3, -0.25) is 9.80 Å². The fraction of sp³-hybridized carbons (Fsp3) is 1.00. The van der Waals surface area contributed by atoms with Gasteiger partial charge in [0.05, 0.1) is 0 Å². The molecule has 1 saturated carbocycles. The van der Waals surface area contributed by atoms with Gasteiger partial charge in [0.25, 0.3) is 0 Å². The van der Waals surface area contributed by atoms with Crippen molar-refractivity contribution in [3.05, 3.63) is 0 Å². The number of hydrogen-bond donors (Lipinski definition) is 1. The number of hydrogen-bond acceptors (Lipinski definition) is 3. The molecule has 0 aromatic heterocycles. The lowest BCUT2D eigenvalue weighted by Crippen LogP contribution is -2.58. The lowest BCUT2D eigenvalue weighted by atomic mass is 9.68. The van der Waals surface area contributed by atoms with E-state index in [1.807, 2.05) is 0 Å². The highest BCUT2D eigenvalue weighted by Crippen LogP contribution is 2.38. The smallest absolute Gasteiger partial charge is 0.0224 e. The van der Waals surface area contributed by atoms with Gasteiger partial charge in [-0.2, -0.15) is 0 Å². The predicted molar refractivity (Wildman–Crippen MR) is 84.7 cm³/mol. The SMILES string of the molecule is CC1CN2CCCC2CN1CC1CCCC(C)(C)C1N. The third kappa shape index (κ3) is 2.77. The maximum absolute atomic E-state index is 6.59. The fourth-order valence-electron chi connectivity index (χ4n) is 4.81. The second-order valence-electron chi connectivity index (χ2n) is 8.26. The van der Waals surface area contributed by atoms with Crippen LogP contribution in [0.15, 0.2) is 0 Å². The quantitative estimate of drug-likeness (QED) is 0.842. The normalized spacial score (nSPS) is 42.6. The molecule has 3 nitrogen and oxygen atoms in total. The fourth-order valence-corrected chi connectivity index (χ4v) is 4.81. The maximum atomic E-state index is 6.59. The number of rotatable bonds is 2. The van der Waals surface area contributed by atoms with E-state index in [0.717, 1.165) is 6.04 Å². The Hall–Kier alpha value is -0.120. The molecule has 0 spiro atoms. The number of nitrogens with zero attached hydrogens (tertiary/aromatic N) is 2. The van der Waals surface area contributed by atoms with E-state index in [1.54, 1.807) is 0 Å². The van der Waals surface area contributed by atoms with E-state index in [4.69, 9.17) is 5.73 Å². The summed E-state index contributed by atoms with van der Waals surface area (Å²) in [7, 11) is 0. The summed E-state index contributed by atoms with van der Waals surface area (Å²) in [4.78, 5) is 5.46. The van der Waals surface area contributed by atoms with Crippen molar-refractivity contribution in [2.45, 2.75) is 71.0 Å². The molecule has 116 valence electrons. The molecule has 0 bridgehead atoms. The first-order chi connectivity index (χ1) is 9.47. The highest BCUT2D eigenvalue weighted by molar-refractivity contribution is 4.96. The average Bonchev–Trinajstić information content (AvgIpc) is 2.82. The van der Waals surface area contributed by atoms with Crippen molar-refractivity contribution in [3.63, 3.8) is 0 Å². The van der Waals surface area contributed by atoms with Crippen molar-refractivity contribution in [2.75, 3.05) is 26.2 Å². The van der Waals surface area contributed by atoms with Gasteiger partial charge in [-0.15, -0.1) is 0 Å². The zero-order chi connectivity index (χ0) is 14.3. The van der Waals surface area contributed by atoms with Crippen molar-refractivity contribution in [3.8, 4) is 0 Å². The van der Waals surface area contributed by atoms with Crippen molar-refractivity contribution >= 4 is 0 Å². The minimum atomic E-state index is 0.335. The van der Waals surface area contributed by atoms with Crippen molar-refractivity contribution in [1.29, 1.82) is 0 Å². The Balaban J connectivity index is 1.62. The molecule has 3 heteroatoms. The van der Waals surface area contributed by atoms with Crippen LogP contribution in [-0.4, -0.2) is 54.1 Å². The van der Waals surface area contributed by atoms with E-state index in [-0.39, 0.29) is 0 Å². The Bertz CT molecular complexity index is 341. The third-order valence-corrected chi connectivity index (χ3v) is 6.34. The van der Waals surface area contributed by atoms with Crippen LogP contribution in [0.2, 0.25) is 0 Å². The van der Waals surface area contributed by atoms with E-state index in [9.17, 15) is 0 Å². The molecule has 3 aliphatic rings. The van der Waals surface area contributed by atoms with E-state index in [2.05, 4.69) is 30.6 Å². The molecular formula is C17H33N3. The van der Waals surface area contributed by atoms with E-state index >= 15 is 0 Å². The lowest BCUT2D eigenvalue weighted by Gasteiger charge is -2.47. The Morgan fingerprint density at radius 1 is 1.15 bits per heavy atom. The second kappa shape index (κ2) is 5.58. The van der Waals surface area contributed by atoms with E-state index < -0.39 is 0 Å². The first-order valence-corrected chi connectivity index (χ1v) is 8.71. The topological polar surface area (TPSA) is 32.5 Å². The Labute approximate surface area is 124 Å². The summed E-state index contributed by atoms with van der Waals surface area (Å²) in [6, 6.07) is 1.92. The number of fused-ring (bicyclic) bond motifs is 1. The van der Waals surface area contributed by atoms with Crippen molar-refractivity contribution < 1.29 is 0 Å². The highest BCUT2D eigenvalue weighted by Gasteiger charge is 2.40. The van der Waals surface area contributed by atoms with Crippen LogP contribution >= 0.6 is 0 Å². The van der Waals surface area contributed by atoms with Crippen LogP contribution < -0.4 is 5.73 Å². The molecule has 3 rings (SSSR count). The first-order valence-electron chi connectivity index (χ1n) is 8.71. The monoisotopic (exact) mass is 279 g/mol. The summed E-state index contributed by atoms with van der Waals surface area (Å²) in [5.41, 5.74) is 6.92. The van der Waals surface area contributed by atoms with Crippen LogP contribution in [0.25, 0.3) is 0 Å². The summed E-state index contributed by atoms with van der Waals surface area (Å²) in [5, 5.41) is 0. The Morgan fingerprint density at radius 3 is 2.75 bits per heavy atom. The van der Waals surface area contributed by atoms with Gasteiger partial charge in [-0.05, 0) is 50.5 Å². The van der Waals surface area contributed by atoms with Gasteiger partial charge in [-0.1, -0.05) is 20.3 Å². The summed E-state index contributed by atoms with van der Waals surface area (Å²) in [5.74, 6) is 0.703. The summed E-state index contributed by atoms with van der Waals surface area (Å²) < 4.78 is 0. The summed E-state index contributed by atoms with van der Waals surface area (Å²) in [6.07, 6.45) is 6.81. The van der Waals surface area contributed by atoms with Crippen LogP contribution in [0.5, 0.6) is 0 Å². The molecule has 2 saturated heterocycles. The zero-order valence-corrected chi connectivity index (χ0v) is 13.6. The summed E-state index contributed by atoms with van der Waals surface area (Å²) in [6.45, 7) is 12.3. The predicted octanol–water partition coefficient (Wildman–Crippen LogP) is 2.31. The average molecular weight is 279 g/mol. The van der Waals surface area contributed by atoms with Gasteiger partial charge in [0.15, 0.2) is 0 Å². The molecule has 3 fully saturated rings. The van der Waals surface area contributed by atoms with E-state index in [0.29, 0.717) is 23.4 Å². The highest BCUT2D eigenvalue weighted by atomic mass is 15.3. The molecule has 2 aliphatic heterocycles. The third-order valence-electron chi connectivity index (χ3n) is 6.34. The van der Waals surface area contributed by atoms with E-state index in [1.165, 1.54) is 58.3 Å². The van der Waals surface area contributed by atoms with Gasteiger partial charge in [0.2, 0.25) is 0 Å². The van der Waals surface area contributed by atoms with Gasteiger partial charge in [-0.25, -0.2) is 0 Å². The lowest BCUT2D eigenvalue weighted by molar-refractivity contribution is 0.0260. The summed E-state index contributed by atoms with van der Waals surface area (Å²) >= 11 is 0. The molecule has 2 N–H and O–H groups in total. The van der Waals surface area contributed by atoms with Crippen molar-refractivity contribution in [2.24, 2.45) is 17.1 Å². The van der Waals surface area contributed by atoms with Gasteiger partial charge in [0, 0.05) is 37.8 Å². The zero-order valence-electron chi connectivity index (χ0n) is 13.6. The van der Waals surface area contributed by atoms with Gasteiger partial charge < -0.3 is 5.73 Å². The van der Waals surface area contributed by atoms with Crippen LogP contribution in [-0.2, 0) is 0 Å². The van der Waals surface area contributed by atoms with Crippen LogP contribution in [0, 0.1) is 11.3 Å². The van der Waals surface area contributed by atoms with Crippen LogP contribution in [0.3, 0.4) is 0 Å². The number of nitrogens with two attached hydrogens (primary N) is 1. The Morgan fingerprint density at radius 2 is 1.95 bits per heavy atom. The maximum Gasteiger partial charge on any atom is 0.0224 e. The molecule has 0 radical (unpaired) electrons. The van der Waals surface area contributed by atoms with Crippen LogP contribution in [0.1, 0.15) is 52.9 Å². The second-order valence-corrected chi connectivity index (χ2v) is 8.26. The molecule has 4 atom stereocenters. The van der Waals surface area contributed by atoms with Crippen molar-refractivity contribution in [1.82, 2.24) is 9.80 Å². The molecule has 0 aromatic rings. The minimum Gasteiger partial charge on any atom is -0.327 e. The molecule has 20 heavy (non-hydrogen) atoms. The van der Waals surface area contributed by atoms with Gasteiger partial charge >= 0.3 is 0 Å². The standard InChI is InChI=1S/C17H33N3/c1-13-10-19-9-5-7-15(19)12-20(13)11-14-6-4-8-17(2,3)16(14)18/h13-16H,4-12,18H2,1-3H3. The largest absolute Gasteiger partial charge is 0.327 e. The minimum absolute atomic E-state index is 0.335. The number of piperazine rings is 1. The van der Waals surface area contributed by atoms with Gasteiger partial charge in [0.1, 0.15) is 0 Å². The Kier molecular flexibility index (Phi) is 4.13. The molecule has 2 heterocycles.